The predicted octanol–water partition coefficient (Wildman–Crippen LogP) is 4.07. The molecule has 28 heavy (non-hydrogen) atoms. The van der Waals surface area contributed by atoms with Gasteiger partial charge in [-0.3, -0.25) is 4.79 Å². The van der Waals surface area contributed by atoms with Crippen LogP contribution in [-0.4, -0.2) is 20.4 Å². The average Bonchev–Trinajstić information content (AvgIpc) is 2.64. The number of hydrogen-bond acceptors (Lipinski definition) is 7. The van der Waals surface area contributed by atoms with Gasteiger partial charge in [0.2, 0.25) is 5.75 Å². The van der Waals surface area contributed by atoms with Gasteiger partial charge in [-0.2, -0.15) is 0 Å². The molecule has 1 heterocycles. The Kier molecular flexibility index (Phi) is 4.04. The van der Waals surface area contributed by atoms with Gasteiger partial charge in [0.15, 0.2) is 16.9 Å². The summed E-state index contributed by atoms with van der Waals surface area (Å²) in [4.78, 5) is 12.3. The van der Waals surface area contributed by atoms with E-state index in [4.69, 9.17) is 9.15 Å². The van der Waals surface area contributed by atoms with Crippen molar-refractivity contribution in [2.75, 3.05) is 0 Å². The highest BCUT2D eigenvalue weighted by atomic mass is 16.5. The summed E-state index contributed by atoms with van der Waals surface area (Å²) in [6, 6.07) is 14.5. The molecule has 0 saturated heterocycles. The summed E-state index contributed by atoms with van der Waals surface area (Å²) in [7, 11) is 0. The first-order valence-electron chi connectivity index (χ1n) is 8.21. The lowest BCUT2D eigenvalue weighted by Crippen LogP contribution is -2.00. The van der Waals surface area contributed by atoms with Gasteiger partial charge in [0.1, 0.15) is 34.0 Å². The molecule has 0 spiro atoms. The maximum absolute atomic E-state index is 12.3. The highest BCUT2D eigenvalue weighted by Gasteiger charge is 2.17. The Morgan fingerprint density at radius 2 is 1.46 bits per heavy atom. The fourth-order valence-corrected chi connectivity index (χ4v) is 2.85. The summed E-state index contributed by atoms with van der Waals surface area (Å²) >= 11 is 0. The van der Waals surface area contributed by atoms with Crippen molar-refractivity contribution < 1.29 is 29.6 Å². The normalized spacial score (nSPS) is 10.9. The maximum atomic E-state index is 12.3. The molecule has 0 saturated carbocycles. The lowest BCUT2D eigenvalue weighted by molar-refractivity contribution is 0.376. The molecule has 4 aromatic rings. The Bertz CT molecular complexity index is 1220. The van der Waals surface area contributed by atoms with E-state index in [1.807, 2.05) is 0 Å². The lowest BCUT2D eigenvalue weighted by Gasteiger charge is -2.11. The Labute approximate surface area is 157 Å². The van der Waals surface area contributed by atoms with Crippen LogP contribution in [0.3, 0.4) is 0 Å². The molecule has 7 heteroatoms. The van der Waals surface area contributed by atoms with Crippen molar-refractivity contribution in [3.63, 3.8) is 0 Å². The minimum atomic E-state index is -0.544. The third-order valence-electron chi connectivity index (χ3n) is 4.09. The van der Waals surface area contributed by atoms with Gasteiger partial charge in [0.05, 0.1) is 0 Å². The molecule has 1 aromatic heterocycles. The summed E-state index contributed by atoms with van der Waals surface area (Å²) in [6.45, 7) is 0. The van der Waals surface area contributed by atoms with Gasteiger partial charge in [0.25, 0.3) is 0 Å². The van der Waals surface area contributed by atoms with E-state index in [1.54, 1.807) is 30.3 Å². The zero-order chi connectivity index (χ0) is 19.8. The van der Waals surface area contributed by atoms with Crippen molar-refractivity contribution in [2.24, 2.45) is 0 Å². The molecule has 4 N–H and O–H groups in total. The first-order chi connectivity index (χ1) is 13.4. The summed E-state index contributed by atoms with van der Waals surface area (Å²) in [5.74, 6) is -1.10. The number of phenolic OH excluding ortho intramolecular Hbond substituents is 4. The van der Waals surface area contributed by atoms with Crippen LogP contribution in [0.4, 0.5) is 0 Å². The number of benzene rings is 3. The van der Waals surface area contributed by atoms with Gasteiger partial charge >= 0.3 is 0 Å². The summed E-state index contributed by atoms with van der Waals surface area (Å²) in [6.07, 6.45) is 0. The van der Waals surface area contributed by atoms with Gasteiger partial charge < -0.3 is 29.6 Å². The van der Waals surface area contributed by atoms with Crippen LogP contribution in [-0.2, 0) is 0 Å². The van der Waals surface area contributed by atoms with E-state index in [-0.39, 0.29) is 45.3 Å². The van der Waals surface area contributed by atoms with Crippen LogP contribution >= 0.6 is 0 Å². The van der Waals surface area contributed by atoms with Crippen LogP contribution in [0, 0.1) is 0 Å². The SMILES string of the molecule is O=c1cc(-c2cc(O)c(Oc3ccccc3)c(O)c2)oc2cc(O)cc(O)c12. The number of rotatable bonds is 3. The van der Waals surface area contributed by atoms with E-state index in [1.165, 1.54) is 18.2 Å². The summed E-state index contributed by atoms with van der Waals surface area (Å²) in [5.41, 5.74) is -0.377. The molecule has 0 atom stereocenters. The van der Waals surface area contributed by atoms with E-state index in [2.05, 4.69) is 0 Å². The standard InChI is InChI=1S/C21H14O7/c22-12-8-14(23)20-15(24)10-18(28-19(20)9-12)11-6-16(25)21(17(26)7-11)27-13-4-2-1-3-5-13/h1-10,22-23,25-26H. The Morgan fingerprint density at radius 3 is 2.14 bits per heavy atom. The minimum Gasteiger partial charge on any atom is -0.508 e. The fraction of sp³-hybridized carbons (Fsp3) is 0. The van der Waals surface area contributed by atoms with Crippen LogP contribution in [0.15, 0.2) is 69.9 Å². The van der Waals surface area contributed by atoms with Gasteiger partial charge in [-0.05, 0) is 24.3 Å². The van der Waals surface area contributed by atoms with Crippen molar-refractivity contribution in [1.82, 2.24) is 0 Å². The third kappa shape index (κ3) is 3.05. The average molecular weight is 378 g/mol. The van der Waals surface area contributed by atoms with Crippen LogP contribution < -0.4 is 10.2 Å². The number of ether oxygens (including phenoxy) is 1. The van der Waals surface area contributed by atoms with Crippen molar-refractivity contribution in [3.8, 4) is 45.8 Å². The predicted molar refractivity (Wildman–Crippen MR) is 101 cm³/mol. The highest BCUT2D eigenvalue weighted by Crippen LogP contribution is 2.42. The van der Waals surface area contributed by atoms with Crippen LogP contribution in [0.2, 0.25) is 0 Å². The molecule has 0 radical (unpaired) electrons. The molecular formula is C21H14O7. The number of fused-ring (bicyclic) bond motifs is 1. The van der Waals surface area contributed by atoms with Crippen molar-refractivity contribution >= 4 is 11.0 Å². The molecule has 0 unspecified atom stereocenters. The van der Waals surface area contributed by atoms with Gasteiger partial charge in [0, 0.05) is 23.8 Å². The zero-order valence-corrected chi connectivity index (χ0v) is 14.3. The van der Waals surface area contributed by atoms with Gasteiger partial charge in [-0.15, -0.1) is 0 Å². The molecule has 0 fully saturated rings. The smallest absolute Gasteiger partial charge is 0.210 e. The maximum Gasteiger partial charge on any atom is 0.210 e. The quantitative estimate of drug-likeness (QED) is 0.424. The van der Waals surface area contributed by atoms with Crippen LogP contribution in [0.1, 0.15) is 0 Å². The molecule has 3 aromatic carbocycles. The Morgan fingerprint density at radius 1 is 0.786 bits per heavy atom. The molecule has 0 aliphatic carbocycles. The molecule has 0 aliphatic heterocycles. The molecule has 0 bridgehead atoms. The molecule has 7 nitrogen and oxygen atoms in total. The second-order valence-corrected chi connectivity index (χ2v) is 6.07. The van der Waals surface area contributed by atoms with E-state index < -0.39 is 11.2 Å². The first-order valence-corrected chi connectivity index (χ1v) is 8.21. The summed E-state index contributed by atoms with van der Waals surface area (Å²) < 4.78 is 11.1. The largest absolute Gasteiger partial charge is 0.508 e. The van der Waals surface area contributed by atoms with E-state index in [9.17, 15) is 25.2 Å². The van der Waals surface area contributed by atoms with Crippen molar-refractivity contribution in [1.29, 1.82) is 0 Å². The zero-order valence-electron chi connectivity index (χ0n) is 14.3. The molecule has 4 rings (SSSR count). The first kappa shape index (κ1) is 17.3. The Balaban J connectivity index is 1.81. The van der Waals surface area contributed by atoms with E-state index >= 15 is 0 Å². The second-order valence-electron chi connectivity index (χ2n) is 6.07. The molecular weight excluding hydrogens is 364 g/mol. The number of para-hydroxylation sites is 1. The highest BCUT2D eigenvalue weighted by molar-refractivity contribution is 5.86. The summed E-state index contributed by atoms with van der Waals surface area (Å²) in [5, 5.41) is 39.9. The van der Waals surface area contributed by atoms with Crippen molar-refractivity contribution in [2.45, 2.75) is 0 Å². The van der Waals surface area contributed by atoms with E-state index in [0.29, 0.717) is 5.75 Å². The number of hydrogen-bond donors (Lipinski definition) is 4. The topological polar surface area (TPSA) is 120 Å². The van der Waals surface area contributed by atoms with Crippen molar-refractivity contribution in [3.05, 3.63) is 70.9 Å². The Hall–Kier alpha value is -4.13. The number of aromatic hydroxyl groups is 4. The minimum absolute atomic E-state index is 0.0272. The third-order valence-corrected chi connectivity index (χ3v) is 4.09. The van der Waals surface area contributed by atoms with Crippen LogP contribution in [0.5, 0.6) is 34.5 Å². The molecule has 0 amide bonds. The van der Waals surface area contributed by atoms with Gasteiger partial charge in [-0.1, -0.05) is 18.2 Å². The second kappa shape index (κ2) is 6.55. The lowest BCUT2D eigenvalue weighted by atomic mass is 10.1. The van der Waals surface area contributed by atoms with Gasteiger partial charge in [-0.25, -0.2) is 0 Å². The van der Waals surface area contributed by atoms with Crippen LogP contribution in [0.25, 0.3) is 22.3 Å². The fourth-order valence-electron chi connectivity index (χ4n) is 2.85. The molecule has 0 aliphatic rings. The molecule has 140 valence electrons. The van der Waals surface area contributed by atoms with E-state index in [0.717, 1.165) is 12.1 Å². The monoisotopic (exact) mass is 378 g/mol. The number of phenols is 4.